The van der Waals surface area contributed by atoms with Crippen molar-refractivity contribution >= 4 is 27.3 Å². The number of hydrogen-bond donors (Lipinski definition) is 3. The van der Waals surface area contributed by atoms with E-state index in [2.05, 4.69) is 10.0 Å². The summed E-state index contributed by atoms with van der Waals surface area (Å²) < 4.78 is 31.5. The van der Waals surface area contributed by atoms with Gasteiger partial charge in [-0.1, -0.05) is 13.0 Å². The summed E-state index contributed by atoms with van der Waals surface area (Å²) in [4.78, 5) is 12.6. The molecule has 0 aliphatic carbocycles. The lowest BCUT2D eigenvalue weighted by Crippen LogP contribution is -2.46. The van der Waals surface area contributed by atoms with Crippen molar-refractivity contribution in [3.05, 3.63) is 24.3 Å². The number of carbonyl (C=O) groups is 1. The van der Waals surface area contributed by atoms with E-state index in [0.717, 1.165) is 0 Å². The molecule has 1 aliphatic rings. The molecule has 1 aromatic carbocycles. The fourth-order valence-electron chi connectivity index (χ4n) is 2.71. The van der Waals surface area contributed by atoms with Gasteiger partial charge >= 0.3 is 0 Å². The smallest absolute Gasteiger partial charge is 0.232 e. The summed E-state index contributed by atoms with van der Waals surface area (Å²) in [5.74, 6) is -0.0956. The summed E-state index contributed by atoms with van der Waals surface area (Å²) in [6, 6.07) is 6.67. The Bertz CT molecular complexity index is 670. The van der Waals surface area contributed by atoms with Crippen molar-refractivity contribution in [2.24, 2.45) is 11.1 Å². The van der Waals surface area contributed by atoms with E-state index in [4.69, 9.17) is 10.5 Å². The highest BCUT2D eigenvalue weighted by Gasteiger charge is 2.38. The SMILES string of the molecule is CCCS(=O)(=O)Nc1cccc(NC(=O)C2(CN)CCOCC2)c1. The molecule has 1 amide bonds. The van der Waals surface area contributed by atoms with Gasteiger partial charge in [-0.15, -0.1) is 0 Å². The minimum atomic E-state index is -3.37. The van der Waals surface area contributed by atoms with Crippen molar-refractivity contribution in [1.82, 2.24) is 0 Å². The Morgan fingerprint density at radius 2 is 1.96 bits per heavy atom. The third kappa shape index (κ3) is 4.68. The van der Waals surface area contributed by atoms with Gasteiger partial charge < -0.3 is 15.8 Å². The van der Waals surface area contributed by atoms with Crippen LogP contribution in [0.3, 0.4) is 0 Å². The average molecular weight is 355 g/mol. The predicted octanol–water partition coefficient (Wildman–Crippen LogP) is 1.53. The van der Waals surface area contributed by atoms with Crippen LogP contribution >= 0.6 is 0 Å². The second-order valence-electron chi connectivity index (χ2n) is 6.05. The van der Waals surface area contributed by atoms with Gasteiger partial charge in [0, 0.05) is 25.4 Å². The van der Waals surface area contributed by atoms with E-state index in [1.807, 2.05) is 0 Å². The highest BCUT2D eigenvalue weighted by Crippen LogP contribution is 2.31. The number of ether oxygens (including phenoxy) is 1. The highest BCUT2D eigenvalue weighted by molar-refractivity contribution is 7.92. The van der Waals surface area contributed by atoms with Crippen molar-refractivity contribution in [2.75, 3.05) is 35.6 Å². The first-order chi connectivity index (χ1) is 11.4. The van der Waals surface area contributed by atoms with E-state index in [-0.39, 0.29) is 18.2 Å². The van der Waals surface area contributed by atoms with Gasteiger partial charge in [-0.25, -0.2) is 8.42 Å². The minimum absolute atomic E-state index is 0.0554. The summed E-state index contributed by atoms with van der Waals surface area (Å²) in [5, 5.41) is 2.85. The Morgan fingerprint density at radius 1 is 1.29 bits per heavy atom. The summed E-state index contributed by atoms with van der Waals surface area (Å²) in [6.45, 7) is 3.09. The first-order valence-corrected chi connectivity index (χ1v) is 9.76. The number of hydrogen-bond acceptors (Lipinski definition) is 5. The number of nitrogens with two attached hydrogens (primary N) is 1. The van der Waals surface area contributed by atoms with Gasteiger partial charge in [0.1, 0.15) is 0 Å². The van der Waals surface area contributed by atoms with Crippen molar-refractivity contribution in [3.8, 4) is 0 Å². The largest absolute Gasteiger partial charge is 0.381 e. The molecule has 4 N–H and O–H groups in total. The topological polar surface area (TPSA) is 111 Å². The fourth-order valence-corrected chi connectivity index (χ4v) is 3.84. The van der Waals surface area contributed by atoms with Gasteiger partial charge in [0.15, 0.2) is 0 Å². The summed E-state index contributed by atoms with van der Waals surface area (Å²) in [7, 11) is -3.37. The molecular weight excluding hydrogens is 330 g/mol. The zero-order chi connectivity index (χ0) is 17.6. The van der Waals surface area contributed by atoms with Gasteiger partial charge in [0.25, 0.3) is 0 Å². The first kappa shape index (κ1) is 18.7. The normalized spacial score (nSPS) is 17.2. The number of amides is 1. The molecule has 0 radical (unpaired) electrons. The molecule has 1 saturated heterocycles. The second kappa shape index (κ2) is 7.96. The second-order valence-corrected chi connectivity index (χ2v) is 7.89. The van der Waals surface area contributed by atoms with Crippen LogP contribution in [0.5, 0.6) is 0 Å². The van der Waals surface area contributed by atoms with Gasteiger partial charge in [-0.3, -0.25) is 9.52 Å². The molecule has 2 rings (SSSR count). The third-order valence-corrected chi connectivity index (χ3v) is 5.68. The van der Waals surface area contributed by atoms with Gasteiger partial charge in [-0.2, -0.15) is 0 Å². The molecule has 1 heterocycles. The maximum absolute atomic E-state index is 12.6. The van der Waals surface area contributed by atoms with Crippen LogP contribution in [-0.4, -0.2) is 39.8 Å². The quantitative estimate of drug-likeness (QED) is 0.687. The molecule has 1 aromatic rings. The lowest BCUT2D eigenvalue weighted by atomic mass is 9.79. The molecule has 0 saturated carbocycles. The number of sulfonamides is 1. The highest BCUT2D eigenvalue weighted by atomic mass is 32.2. The molecule has 7 nitrogen and oxygen atoms in total. The molecule has 24 heavy (non-hydrogen) atoms. The zero-order valence-electron chi connectivity index (χ0n) is 13.9. The maximum atomic E-state index is 12.6. The van der Waals surface area contributed by atoms with E-state index in [9.17, 15) is 13.2 Å². The molecule has 1 aliphatic heterocycles. The van der Waals surface area contributed by atoms with Crippen LogP contribution in [0.25, 0.3) is 0 Å². The Labute approximate surface area is 143 Å². The van der Waals surface area contributed by atoms with Crippen LogP contribution in [0, 0.1) is 5.41 Å². The Balaban J connectivity index is 2.10. The molecule has 0 unspecified atom stereocenters. The number of rotatable bonds is 7. The van der Waals surface area contributed by atoms with E-state index >= 15 is 0 Å². The average Bonchev–Trinajstić information content (AvgIpc) is 2.55. The number of benzene rings is 1. The van der Waals surface area contributed by atoms with Crippen molar-refractivity contribution in [2.45, 2.75) is 26.2 Å². The zero-order valence-corrected chi connectivity index (χ0v) is 14.7. The van der Waals surface area contributed by atoms with Crippen LogP contribution in [0.1, 0.15) is 26.2 Å². The number of carbonyl (C=O) groups excluding carboxylic acids is 1. The first-order valence-electron chi connectivity index (χ1n) is 8.10. The third-order valence-electron chi connectivity index (χ3n) is 4.19. The Hall–Kier alpha value is -1.64. The van der Waals surface area contributed by atoms with Crippen LogP contribution in [0.15, 0.2) is 24.3 Å². The van der Waals surface area contributed by atoms with Crippen LogP contribution in [-0.2, 0) is 19.6 Å². The maximum Gasteiger partial charge on any atom is 0.232 e. The van der Waals surface area contributed by atoms with E-state index in [1.54, 1.807) is 31.2 Å². The number of anilines is 2. The molecule has 0 aromatic heterocycles. The molecule has 0 atom stereocenters. The van der Waals surface area contributed by atoms with Crippen molar-refractivity contribution in [1.29, 1.82) is 0 Å². The van der Waals surface area contributed by atoms with Gasteiger partial charge in [-0.05, 0) is 37.5 Å². The van der Waals surface area contributed by atoms with Crippen molar-refractivity contribution in [3.63, 3.8) is 0 Å². The predicted molar refractivity (Wildman–Crippen MR) is 94.3 cm³/mol. The summed E-state index contributed by atoms with van der Waals surface area (Å²) in [6.07, 6.45) is 1.70. The standard InChI is InChI=1S/C16H25N3O4S/c1-2-10-24(21,22)19-14-5-3-4-13(11-14)18-15(20)16(12-17)6-8-23-9-7-16/h3-5,11,19H,2,6-10,12,17H2,1H3,(H,18,20). The molecule has 0 bridgehead atoms. The lowest BCUT2D eigenvalue weighted by molar-refractivity contribution is -0.130. The monoisotopic (exact) mass is 355 g/mol. The van der Waals surface area contributed by atoms with E-state index in [0.29, 0.717) is 43.9 Å². The molecular formula is C16H25N3O4S. The van der Waals surface area contributed by atoms with Crippen LogP contribution in [0.4, 0.5) is 11.4 Å². The van der Waals surface area contributed by atoms with E-state index in [1.165, 1.54) is 0 Å². The Morgan fingerprint density at radius 3 is 2.58 bits per heavy atom. The van der Waals surface area contributed by atoms with Crippen LogP contribution in [0.2, 0.25) is 0 Å². The molecule has 134 valence electrons. The van der Waals surface area contributed by atoms with E-state index < -0.39 is 15.4 Å². The Kier molecular flexibility index (Phi) is 6.20. The molecule has 1 fully saturated rings. The summed E-state index contributed by atoms with van der Waals surface area (Å²) >= 11 is 0. The van der Waals surface area contributed by atoms with Crippen molar-refractivity contribution < 1.29 is 17.9 Å². The minimum Gasteiger partial charge on any atom is -0.381 e. The summed E-state index contributed by atoms with van der Waals surface area (Å²) in [5.41, 5.74) is 6.17. The van der Waals surface area contributed by atoms with Crippen LogP contribution < -0.4 is 15.8 Å². The lowest BCUT2D eigenvalue weighted by Gasteiger charge is -2.34. The fraction of sp³-hybridized carbons (Fsp3) is 0.562. The number of nitrogens with one attached hydrogen (secondary N) is 2. The molecule has 8 heteroatoms. The van der Waals surface area contributed by atoms with Gasteiger partial charge in [0.2, 0.25) is 15.9 Å². The molecule has 0 spiro atoms. The van der Waals surface area contributed by atoms with Gasteiger partial charge in [0.05, 0.1) is 16.9 Å².